The second kappa shape index (κ2) is 59.9. The van der Waals surface area contributed by atoms with Crippen LogP contribution in [0.2, 0.25) is 0 Å². The minimum atomic E-state index is -1.78. The van der Waals surface area contributed by atoms with E-state index in [9.17, 15) is 45.6 Å². The van der Waals surface area contributed by atoms with E-state index in [0.29, 0.717) is 12.8 Å². The third-order valence-electron chi connectivity index (χ3n) is 18.6. The molecule has 0 aromatic rings. The average molecular weight is 1260 g/mol. The SMILES string of the molecule is CCCCCCC/C=C\C/C=C\C/C=C\CCCCCCCCCCCCCCCCCCCCC(=O)NC(COC1OC(CO)C(OC2OC(CO)C(O)C(O)C2O)C(O)C1O)C(O)CCCCCCCCCCCCCCCCCCCCCCCC. The molecule has 14 heteroatoms. The van der Waals surface area contributed by atoms with E-state index >= 15 is 0 Å². The molecule has 1 amide bonds. The van der Waals surface area contributed by atoms with Crippen molar-refractivity contribution in [1.82, 2.24) is 5.32 Å². The minimum absolute atomic E-state index is 0.200. The number of ether oxygens (including phenoxy) is 4. The number of hydrogen-bond donors (Lipinski definition) is 9. The molecule has 2 heterocycles. The van der Waals surface area contributed by atoms with Crippen molar-refractivity contribution in [1.29, 1.82) is 0 Å². The summed E-state index contributed by atoms with van der Waals surface area (Å²) in [6, 6.07) is -0.829. The Bertz CT molecular complexity index is 1630. The van der Waals surface area contributed by atoms with Gasteiger partial charge in [-0.05, 0) is 51.4 Å². The molecule has 9 N–H and O–H groups in total. The standard InChI is InChI=1S/C75H141NO13/c1-3-5-7-9-11-13-15-17-19-21-23-25-27-28-29-30-31-32-33-34-35-36-37-39-41-43-45-47-49-51-53-55-57-59-67(80)76-63(62-86-74-72(85)70(83)73(66(61-78)88-74)89-75-71(84)69(82)68(81)65(60-77)87-75)64(79)58-56-54-52-50-48-46-44-42-40-38-26-24-22-20-18-16-14-12-10-8-6-4-2/h15,17,21,23,27-28,63-66,68-75,77-79,81-85H,3-14,16,18-20,22,24-26,29-62H2,1-2H3,(H,76,80)/b17-15-,23-21-,28-27-. The molecule has 0 aromatic heterocycles. The molecule has 0 radical (unpaired) electrons. The third kappa shape index (κ3) is 43.7. The molecule has 14 nitrogen and oxygen atoms in total. The molecule has 2 rings (SSSR count). The van der Waals surface area contributed by atoms with Crippen molar-refractivity contribution in [2.75, 3.05) is 19.8 Å². The highest BCUT2D eigenvalue weighted by molar-refractivity contribution is 5.76. The van der Waals surface area contributed by atoms with Crippen LogP contribution in [-0.2, 0) is 23.7 Å². The van der Waals surface area contributed by atoms with Crippen molar-refractivity contribution >= 4 is 5.91 Å². The van der Waals surface area contributed by atoms with E-state index in [4.69, 9.17) is 18.9 Å². The summed E-state index contributed by atoms with van der Waals surface area (Å²) < 4.78 is 23.0. The van der Waals surface area contributed by atoms with E-state index < -0.39 is 86.8 Å². The Hall–Kier alpha value is -1.79. The lowest BCUT2D eigenvalue weighted by atomic mass is 9.97. The summed E-state index contributed by atoms with van der Waals surface area (Å²) in [5, 5.41) is 87.7. The van der Waals surface area contributed by atoms with Gasteiger partial charge in [0.15, 0.2) is 12.6 Å². The first-order chi connectivity index (χ1) is 43.6. The number of allylic oxidation sites excluding steroid dienone is 6. The maximum atomic E-state index is 13.4. The minimum Gasteiger partial charge on any atom is -0.394 e. The highest BCUT2D eigenvalue weighted by Crippen LogP contribution is 2.30. The highest BCUT2D eigenvalue weighted by Gasteiger charge is 2.51. The Morgan fingerprint density at radius 2 is 0.742 bits per heavy atom. The third-order valence-corrected chi connectivity index (χ3v) is 18.6. The lowest BCUT2D eigenvalue weighted by Gasteiger charge is -2.46. The van der Waals surface area contributed by atoms with Gasteiger partial charge in [0.25, 0.3) is 0 Å². The van der Waals surface area contributed by atoms with Crippen LogP contribution < -0.4 is 5.32 Å². The second-order valence-corrected chi connectivity index (χ2v) is 26.8. The fourth-order valence-electron chi connectivity index (χ4n) is 12.6. The molecule has 2 aliphatic rings. The summed E-state index contributed by atoms with van der Waals surface area (Å²) in [5.74, 6) is -0.200. The van der Waals surface area contributed by atoms with Crippen LogP contribution in [0.3, 0.4) is 0 Å². The largest absolute Gasteiger partial charge is 0.394 e. The fourth-order valence-corrected chi connectivity index (χ4v) is 12.6. The summed E-state index contributed by atoms with van der Waals surface area (Å²) in [4.78, 5) is 13.4. The van der Waals surface area contributed by atoms with Crippen molar-refractivity contribution < 1.29 is 64.6 Å². The van der Waals surface area contributed by atoms with Crippen LogP contribution in [0.25, 0.3) is 0 Å². The Labute approximate surface area is 544 Å². The smallest absolute Gasteiger partial charge is 0.220 e. The molecule has 0 saturated carbocycles. The molecule has 12 atom stereocenters. The van der Waals surface area contributed by atoms with Crippen LogP contribution in [-0.4, -0.2) is 140 Å². The molecule has 12 unspecified atom stereocenters. The maximum absolute atomic E-state index is 13.4. The predicted octanol–water partition coefficient (Wildman–Crippen LogP) is 16.1. The van der Waals surface area contributed by atoms with Crippen molar-refractivity contribution in [2.24, 2.45) is 0 Å². The molecule has 0 aliphatic carbocycles. The molecule has 89 heavy (non-hydrogen) atoms. The molecule has 0 bridgehead atoms. The van der Waals surface area contributed by atoms with E-state index in [0.717, 1.165) is 64.2 Å². The molecular formula is C75H141NO13. The molecule has 524 valence electrons. The molecule has 2 fully saturated rings. The topological polar surface area (TPSA) is 228 Å². The number of carbonyl (C=O) groups excluding carboxylic acids is 1. The van der Waals surface area contributed by atoms with Gasteiger partial charge >= 0.3 is 0 Å². The summed E-state index contributed by atoms with van der Waals surface area (Å²) in [5.41, 5.74) is 0. The van der Waals surface area contributed by atoms with Crippen LogP contribution in [0.4, 0.5) is 0 Å². The Morgan fingerprint density at radius 3 is 1.13 bits per heavy atom. The number of nitrogens with one attached hydrogen (secondary N) is 1. The number of aliphatic hydroxyl groups is 8. The van der Waals surface area contributed by atoms with Crippen LogP contribution in [0.15, 0.2) is 36.5 Å². The van der Waals surface area contributed by atoms with E-state index in [2.05, 4.69) is 55.6 Å². The summed E-state index contributed by atoms with van der Waals surface area (Å²) in [6.45, 7) is 2.90. The van der Waals surface area contributed by atoms with Gasteiger partial charge in [-0.1, -0.05) is 320 Å². The number of unbranched alkanes of at least 4 members (excludes halogenated alkanes) is 44. The van der Waals surface area contributed by atoms with E-state index in [-0.39, 0.29) is 12.5 Å². The number of hydrogen-bond acceptors (Lipinski definition) is 13. The fraction of sp³-hybridized carbons (Fsp3) is 0.907. The predicted molar refractivity (Wildman–Crippen MR) is 365 cm³/mol. The van der Waals surface area contributed by atoms with Gasteiger partial charge < -0.3 is 65.1 Å². The zero-order valence-electron chi connectivity index (χ0n) is 57.2. The van der Waals surface area contributed by atoms with Crippen LogP contribution in [0.5, 0.6) is 0 Å². The van der Waals surface area contributed by atoms with Crippen molar-refractivity contribution in [3.8, 4) is 0 Å². The first-order valence-electron chi connectivity index (χ1n) is 37.7. The number of aliphatic hydroxyl groups excluding tert-OH is 8. The second-order valence-electron chi connectivity index (χ2n) is 26.8. The zero-order valence-corrected chi connectivity index (χ0v) is 57.2. The van der Waals surface area contributed by atoms with Gasteiger partial charge in [0.1, 0.15) is 48.8 Å². The summed E-state index contributed by atoms with van der Waals surface area (Å²) in [7, 11) is 0. The number of rotatable bonds is 63. The van der Waals surface area contributed by atoms with E-state index in [1.165, 1.54) is 250 Å². The first-order valence-corrected chi connectivity index (χ1v) is 37.7. The van der Waals surface area contributed by atoms with Crippen molar-refractivity contribution in [2.45, 2.75) is 415 Å². The zero-order chi connectivity index (χ0) is 64.5. The monoisotopic (exact) mass is 1260 g/mol. The van der Waals surface area contributed by atoms with Crippen molar-refractivity contribution in [3.63, 3.8) is 0 Å². The summed E-state index contributed by atoms with van der Waals surface area (Å²) >= 11 is 0. The van der Waals surface area contributed by atoms with Gasteiger partial charge in [-0.25, -0.2) is 0 Å². The highest BCUT2D eigenvalue weighted by atomic mass is 16.7. The van der Waals surface area contributed by atoms with E-state index in [1.54, 1.807) is 0 Å². The molecular weight excluding hydrogens is 1120 g/mol. The van der Waals surface area contributed by atoms with Gasteiger partial charge in [-0.2, -0.15) is 0 Å². The van der Waals surface area contributed by atoms with Gasteiger partial charge in [-0.3, -0.25) is 4.79 Å². The lowest BCUT2D eigenvalue weighted by Crippen LogP contribution is -2.65. The molecule has 2 saturated heterocycles. The number of carbonyl (C=O) groups is 1. The van der Waals surface area contributed by atoms with Gasteiger partial charge in [0.2, 0.25) is 5.91 Å². The van der Waals surface area contributed by atoms with Crippen LogP contribution >= 0.6 is 0 Å². The maximum Gasteiger partial charge on any atom is 0.220 e. The average Bonchev–Trinajstić information content (AvgIpc) is 2.75. The van der Waals surface area contributed by atoms with Crippen LogP contribution in [0, 0.1) is 0 Å². The van der Waals surface area contributed by atoms with E-state index in [1.807, 2.05) is 0 Å². The van der Waals surface area contributed by atoms with Crippen molar-refractivity contribution in [3.05, 3.63) is 36.5 Å². The molecule has 0 spiro atoms. The summed E-state index contributed by atoms with van der Waals surface area (Å²) in [6.07, 6.45) is 60.2. The molecule has 0 aromatic carbocycles. The first kappa shape index (κ1) is 83.3. The normalized spacial score (nSPS) is 23.2. The van der Waals surface area contributed by atoms with Crippen LogP contribution in [0.1, 0.15) is 341 Å². The lowest BCUT2D eigenvalue weighted by molar-refractivity contribution is -0.359. The van der Waals surface area contributed by atoms with Gasteiger partial charge in [0.05, 0.1) is 32.0 Å². The quantitative estimate of drug-likeness (QED) is 0.0204. The Kier molecular flexibility index (Phi) is 56.1. The number of amides is 1. The van der Waals surface area contributed by atoms with Gasteiger partial charge in [-0.15, -0.1) is 0 Å². The Morgan fingerprint density at radius 1 is 0.404 bits per heavy atom. The van der Waals surface area contributed by atoms with Gasteiger partial charge in [0, 0.05) is 6.42 Å². The Balaban J connectivity index is 1.62. The molecule has 2 aliphatic heterocycles.